The molecule has 32 heavy (non-hydrogen) atoms. The molecule has 0 spiro atoms. The summed E-state index contributed by atoms with van der Waals surface area (Å²) >= 11 is 0. The van der Waals surface area contributed by atoms with Crippen molar-refractivity contribution in [2.75, 3.05) is 26.2 Å². The lowest BCUT2D eigenvalue weighted by Crippen LogP contribution is -2.59. The van der Waals surface area contributed by atoms with Crippen molar-refractivity contribution in [2.24, 2.45) is 0 Å². The number of hydrogen-bond acceptors (Lipinski definition) is 5. The number of amides is 2. The quantitative estimate of drug-likeness (QED) is 0.718. The summed E-state index contributed by atoms with van der Waals surface area (Å²) in [6, 6.07) is 16.7. The topological polar surface area (TPSA) is 79.0 Å². The van der Waals surface area contributed by atoms with E-state index >= 15 is 0 Å². The van der Waals surface area contributed by atoms with Crippen LogP contribution in [0.15, 0.2) is 59.5 Å². The third kappa shape index (κ3) is 5.49. The molecule has 2 amide bonds. The zero-order chi connectivity index (χ0) is 22.6. The molecule has 7 nitrogen and oxygen atoms in total. The number of aryl methyl sites for hydroxylation is 1. The Labute approximate surface area is 190 Å². The zero-order valence-corrected chi connectivity index (χ0v) is 19.3. The summed E-state index contributed by atoms with van der Waals surface area (Å²) in [5, 5.41) is 4.80. The number of urea groups is 1. The van der Waals surface area contributed by atoms with Crippen molar-refractivity contribution in [1.29, 1.82) is 0 Å². The van der Waals surface area contributed by atoms with Crippen LogP contribution < -0.4 is 5.32 Å². The maximum Gasteiger partial charge on any atom is 0.317 e. The highest BCUT2D eigenvalue weighted by molar-refractivity contribution is 7.86. The Bertz CT molecular complexity index is 1010. The van der Waals surface area contributed by atoms with Crippen molar-refractivity contribution in [3.63, 3.8) is 0 Å². The van der Waals surface area contributed by atoms with Crippen LogP contribution in [0.3, 0.4) is 0 Å². The number of nitrogens with one attached hydrogen (secondary N) is 1. The molecule has 0 aromatic heterocycles. The molecule has 2 aliphatic heterocycles. The van der Waals surface area contributed by atoms with E-state index in [1.54, 1.807) is 24.3 Å². The van der Waals surface area contributed by atoms with E-state index in [4.69, 9.17) is 4.28 Å². The van der Waals surface area contributed by atoms with Gasteiger partial charge in [0.25, 0.3) is 0 Å². The molecule has 0 bridgehead atoms. The van der Waals surface area contributed by atoms with Gasteiger partial charge in [0.1, 0.15) is 0 Å². The van der Waals surface area contributed by atoms with Crippen LogP contribution in [-0.4, -0.2) is 56.1 Å². The number of hydroxylamine groups is 2. The largest absolute Gasteiger partial charge is 0.332 e. The van der Waals surface area contributed by atoms with Crippen LogP contribution in [0, 0.1) is 6.92 Å². The van der Waals surface area contributed by atoms with Gasteiger partial charge in [-0.2, -0.15) is 17.8 Å². The highest BCUT2D eigenvalue weighted by Gasteiger charge is 2.39. The minimum Gasteiger partial charge on any atom is -0.332 e. The maximum absolute atomic E-state index is 12.9. The first-order valence-corrected chi connectivity index (χ1v) is 12.6. The van der Waals surface area contributed by atoms with Crippen molar-refractivity contribution >= 4 is 16.1 Å². The summed E-state index contributed by atoms with van der Waals surface area (Å²) in [6.45, 7) is 4.32. The second kappa shape index (κ2) is 9.60. The van der Waals surface area contributed by atoms with Crippen molar-refractivity contribution < 1.29 is 17.5 Å². The van der Waals surface area contributed by atoms with Crippen molar-refractivity contribution in [1.82, 2.24) is 15.3 Å². The van der Waals surface area contributed by atoms with Crippen LogP contribution in [0.5, 0.6) is 0 Å². The SMILES string of the molecule is Cc1ccc(S(=O)(=O)ON2CCC(Cc3ccccc3)(NC(=O)N3CCCC3)CC2)cc1. The highest BCUT2D eigenvalue weighted by Crippen LogP contribution is 2.29. The molecule has 0 atom stereocenters. The number of likely N-dealkylation sites (tertiary alicyclic amines) is 1. The Kier molecular flexibility index (Phi) is 6.83. The minimum absolute atomic E-state index is 0.0277. The standard InChI is InChI=1S/C24H31N3O4S/c1-20-9-11-22(12-10-20)32(29,30)31-27-17-13-24(14-18-27,19-21-7-3-2-4-8-21)25-23(28)26-15-5-6-16-26/h2-4,7-12H,5-6,13-19H2,1H3,(H,25,28). The van der Waals surface area contributed by atoms with Gasteiger partial charge in [-0.3, -0.25) is 0 Å². The lowest BCUT2D eigenvalue weighted by molar-refractivity contribution is -0.0824. The van der Waals surface area contributed by atoms with Gasteiger partial charge < -0.3 is 10.2 Å². The molecular weight excluding hydrogens is 426 g/mol. The van der Waals surface area contributed by atoms with Crippen molar-refractivity contribution in [2.45, 2.75) is 49.5 Å². The predicted molar refractivity (Wildman–Crippen MR) is 122 cm³/mol. The molecule has 2 heterocycles. The number of carbonyl (C=O) groups excluding carboxylic acids is 1. The van der Waals surface area contributed by atoms with Crippen LogP contribution in [0.25, 0.3) is 0 Å². The van der Waals surface area contributed by atoms with E-state index in [1.165, 1.54) is 5.06 Å². The highest BCUT2D eigenvalue weighted by atomic mass is 32.2. The molecule has 1 N–H and O–H groups in total. The van der Waals surface area contributed by atoms with Crippen LogP contribution >= 0.6 is 0 Å². The molecule has 172 valence electrons. The van der Waals surface area contributed by atoms with Gasteiger partial charge in [0, 0.05) is 31.7 Å². The lowest BCUT2D eigenvalue weighted by atomic mass is 9.82. The molecule has 2 aliphatic rings. The summed E-state index contributed by atoms with van der Waals surface area (Å²) in [4.78, 5) is 14.9. The molecule has 4 rings (SSSR count). The molecule has 2 aromatic rings. The second-order valence-corrected chi connectivity index (χ2v) is 10.4. The monoisotopic (exact) mass is 457 g/mol. The Morgan fingerprint density at radius 3 is 2.22 bits per heavy atom. The van der Waals surface area contributed by atoms with E-state index in [1.807, 2.05) is 30.0 Å². The second-order valence-electron chi connectivity index (χ2n) is 8.84. The normalized spacial score (nSPS) is 19.1. The summed E-state index contributed by atoms with van der Waals surface area (Å²) in [6.07, 6.45) is 3.98. The zero-order valence-electron chi connectivity index (χ0n) is 18.5. The smallest absolute Gasteiger partial charge is 0.317 e. The average molecular weight is 458 g/mol. The van der Waals surface area contributed by atoms with Gasteiger partial charge in [0.05, 0.1) is 4.90 Å². The summed E-state index contributed by atoms with van der Waals surface area (Å²) in [7, 11) is -3.88. The van der Waals surface area contributed by atoms with Gasteiger partial charge in [-0.15, -0.1) is 0 Å². The first kappa shape index (κ1) is 22.8. The lowest BCUT2D eigenvalue weighted by Gasteiger charge is -2.42. The molecule has 0 saturated carbocycles. The first-order chi connectivity index (χ1) is 15.4. The van der Waals surface area contributed by atoms with E-state index in [2.05, 4.69) is 17.4 Å². The van der Waals surface area contributed by atoms with Crippen molar-refractivity contribution in [3.8, 4) is 0 Å². The molecule has 2 fully saturated rings. The molecule has 2 saturated heterocycles. The van der Waals surface area contributed by atoms with Gasteiger partial charge in [-0.1, -0.05) is 48.0 Å². The minimum atomic E-state index is -3.88. The molecule has 2 aromatic carbocycles. The molecular formula is C24H31N3O4S. The third-order valence-corrected chi connectivity index (χ3v) is 7.60. The van der Waals surface area contributed by atoms with Crippen LogP contribution in [0.1, 0.15) is 36.8 Å². The van der Waals surface area contributed by atoms with Gasteiger partial charge in [-0.25, -0.2) is 4.79 Å². The average Bonchev–Trinajstić information content (AvgIpc) is 3.32. The molecule has 8 heteroatoms. The molecule has 0 unspecified atom stereocenters. The molecule has 0 aliphatic carbocycles. The number of benzene rings is 2. The summed E-state index contributed by atoms with van der Waals surface area (Å²) in [5.41, 5.74) is 1.70. The van der Waals surface area contributed by atoms with Crippen LogP contribution in [0.2, 0.25) is 0 Å². The fourth-order valence-electron chi connectivity index (χ4n) is 4.43. The third-order valence-electron chi connectivity index (χ3n) is 6.34. The first-order valence-electron chi connectivity index (χ1n) is 11.2. The Morgan fingerprint density at radius 2 is 1.59 bits per heavy atom. The number of hydrogen-bond donors (Lipinski definition) is 1. The maximum atomic E-state index is 12.9. The fraction of sp³-hybridized carbons (Fsp3) is 0.458. The van der Waals surface area contributed by atoms with Gasteiger partial charge in [-0.05, 0) is 56.7 Å². The Morgan fingerprint density at radius 1 is 0.969 bits per heavy atom. The van der Waals surface area contributed by atoms with Gasteiger partial charge in [0.15, 0.2) is 0 Å². The fourth-order valence-corrected chi connectivity index (χ4v) is 5.42. The Hall–Kier alpha value is -2.42. The van der Waals surface area contributed by atoms with E-state index in [-0.39, 0.29) is 10.9 Å². The van der Waals surface area contributed by atoms with E-state index in [0.29, 0.717) is 32.4 Å². The Balaban J connectivity index is 1.45. The van der Waals surface area contributed by atoms with E-state index in [9.17, 15) is 13.2 Å². The number of rotatable bonds is 6. The van der Waals surface area contributed by atoms with Gasteiger partial charge in [0.2, 0.25) is 0 Å². The van der Waals surface area contributed by atoms with Crippen molar-refractivity contribution in [3.05, 3.63) is 65.7 Å². The number of carbonyl (C=O) groups is 1. The summed E-state index contributed by atoms with van der Waals surface area (Å²) in [5.74, 6) is 0. The predicted octanol–water partition coefficient (Wildman–Crippen LogP) is 3.50. The number of piperidine rings is 1. The number of nitrogens with zero attached hydrogens (tertiary/aromatic N) is 2. The van der Waals surface area contributed by atoms with Gasteiger partial charge >= 0.3 is 16.1 Å². The van der Waals surface area contributed by atoms with Crippen LogP contribution in [-0.2, 0) is 20.8 Å². The van der Waals surface area contributed by atoms with Crippen LogP contribution in [0.4, 0.5) is 4.79 Å². The molecule has 0 radical (unpaired) electrons. The van der Waals surface area contributed by atoms with E-state index in [0.717, 1.165) is 37.1 Å². The van der Waals surface area contributed by atoms with E-state index < -0.39 is 15.7 Å². The summed E-state index contributed by atoms with van der Waals surface area (Å²) < 4.78 is 30.8.